The molecule has 0 aliphatic carbocycles. The van der Waals surface area contributed by atoms with Gasteiger partial charge in [0.25, 0.3) is 0 Å². The Balaban J connectivity index is 1.57. The smallest absolute Gasteiger partial charge is 0.395 e. The van der Waals surface area contributed by atoms with Gasteiger partial charge in [0.1, 0.15) is 0 Å². The lowest BCUT2D eigenvalue weighted by Crippen LogP contribution is -2.38. The monoisotopic (exact) mass is 352 g/mol. The minimum atomic E-state index is -3.68. The predicted molar refractivity (Wildman–Crippen MR) is 86.0 cm³/mol. The number of ether oxygens (including phenoxy) is 2. The van der Waals surface area contributed by atoms with Gasteiger partial charge in [-0.25, -0.2) is 4.79 Å². The third-order valence-electron chi connectivity index (χ3n) is 3.59. The topological polar surface area (TPSA) is 77.4 Å². The molecule has 7 nitrogen and oxygen atoms in total. The highest BCUT2D eigenvalue weighted by Gasteiger charge is 2.43. The second-order valence-electron chi connectivity index (χ2n) is 5.94. The van der Waals surface area contributed by atoms with Crippen molar-refractivity contribution in [1.82, 2.24) is 15.1 Å². The summed E-state index contributed by atoms with van der Waals surface area (Å²) < 4.78 is 36.5. The summed E-state index contributed by atoms with van der Waals surface area (Å²) >= 11 is 0. The molecular formula is C16H18F2N4O3. The fourth-order valence-electron chi connectivity index (χ4n) is 2.58. The van der Waals surface area contributed by atoms with Crippen LogP contribution in [-0.4, -0.2) is 28.1 Å². The van der Waals surface area contributed by atoms with Crippen molar-refractivity contribution in [2.75, 3.05) is 5.32 Å². The number of benzene rings is 1. The molecule has 0 radical (unpaired) electrons. The van der Waals surface area contributed by atoms with E-state index < -0.39 is 12.3 Å². The highest BCUT2D eigenvalue weighted by Crippen LogP contribution is 2.42. The van der Waals surface area contributed by atoms with Crippen LogP contribution in [0.15, 0.2) is 24.3 Å². The van der Waals surface area contributed by atoms with Gasteiger partial charge in [0.2, 0.25) is 0 Å². The lowest BCUT2D eigenvalue weighted by atomic mass is 10.3. The van der Waals surface area contributed by atoms with Crippen LogP contribution in [0.1, 0.15) is 18.3 Å². The summed E-state index contributed by atoms with van der Waals surface area (Å²) in [7, 11) is 0. The second-order valence-corrected chi connectivity index (χ2v) is 5.94. The summed E-state index contributed by atoms with van der Waals surface area (Å²) in [6.07, 6.45) is -3.68. The molecule has 1 aliphatic heterocycles. The number of fused-ring (bicyclic) bond motifs is 1. The summed E-state index contributed by atoms with van der Waals surface area (Å²) in [5, 5.41) is 9.68. The number of alkyl halides is 2. The van der Waals surface area contributed by atoms with Crippen LogP contribution in [0.4, 0.5) is 19.3 Å². The molecule has 3 rings (SSSR count). The average molecular weight is 352 g/mol. The minimum absolute atomic E-state index is 0.0751. The molecule has 2 amide bonds. The molecule has 1 aromatic heterocycles. The first-order valence-electron chi connectivity index (χ1n) is 7.70. The van der Waals surface area contributed by atoms with Crippen molar-refractivity contribution < 1.29 is 23.0 Å². The van der Waals surface area contributed by atoms with Crippen LogP contribution in [0.3, 0.4) is 0 Å². The molecule has 9 heteroatoms. The maximum Gasteiger partial charge on any atom is 0.586 e. The van der Waals surface area contributed by atoms with E-state index in [1.165, 1.54) is 18.2 Å². The molecule has 2 N–H and O–H groups in total. The molecule has 2 aromatic rings. The molecule has 0 unspecified atom stereocenters. The van der Waals surface area contributed by atoms with Gasteiger partial charge in [-0.15, -0.1) is 8.78 Å². The number of amides is 2. The Morgan fingerprint density at radius 2 is 2.00 bits per heavy atom. The molecule has 1 atom stereocenters. The van der Waals surface area contributed by atoms with E-state index in [0.29, 0.717) is 12.2 Å². The van der Waals surface area contributed by atoms with Gasteiger partial charge >= 0.3 is 12.3 Å². The minimum Gasteiger partial charge on any atom is -0.395 e. The van der Waals surface area contributed by atoms with Gasteiger partial charge < -0.3 is 20.1 Å². The summed E-state index contributed by atoms with van der Waals surface area (Å²) in [6, 6.07) is 5.35. The molecule has 1 aliphatic rings. The highest BCUT2D eigenvalue weighted by atomic mass is 19.3. The Morgan fingerprint density at radius 1 is 1.28 bits per heavy atom. The Bertz CT molecular complexity index is 807. The van der Waals surface area contributed by atoms with Crippen LogP contribution in [0.2, 0.25) is 0 Å². The van der Waals surface area contributed by atoms with E-state index in [1.807, 2.05) is 31.5 Å². The lowest BCUT2D eigenvalue weighted by Gasteiger charge is -2.15. The van der Waals surface area contributed by atoms with E-state index in [9.17, 15) is 13.6 Å². The average Bonchev–Trinajstić information content (AvgIpc) is 2.95. The predicted octanol–water partition coefficient (Wildman–Crippen LogP) is 3.03. The number of urea groups is 1. The van der Waals surface area contributed by atoms with Gasteiger partial charge in [0.05, 0.1) is 12.2 Å². The number of halogens is 2. The zero-order chi connectivity index (χ0) is 18.2. The summed E-state index contributed by atoms with van der Waals surface area (Å²) in [4.78, 5) is 12.1. The van der Waals surface area contributed by atoms with Gasteiger partial charge in [-0.3, -0.25) is 4.68 Å². The Hall–Kier alpha value is -2.84. The number of carbonyl (C=O) groups excluding carboxylic acids is 1. The standard InChI is InChI=1S/C16H18F2N4O3/c1-9-6-11(3)22(21-9)8-10(2)19-15(23)20-12-4-5-13-14(7-12)25-16(17,18)24-13/h4-7,10H,8H2,1-3H3,(H2,19,20,23)/t10-/m0/s1. The largest absolute Gasteiger partial charge is 0.586 e. The molecule has 2 heterocycles. The van der Waals surface area contributed by atoms with Crippen molar-refractivity contribution in [3.8, 4) is 11.5 Å². The summed E-state index contributed by atoms with van der Waals surface area (Å²) in [6.45, 7) is 6.20. The molecule has 0 bridgehead atoms. The molecule has 0 spiro atoms. The van der Waals surface area contributed by atoms with E-state index in [0.717, 1.165) is 11.4 Å². The molecular weight excluding hydrogens is 334 g/mol. The molecule has 25 heavy (non-hydrogen) atoms. The fraction of sp³-hybridized carbons (Fsp3) is 0.375. The number of hydrogen-bond donors (Lipinski definition) is 2. The van der Waals surface area contributed by atoms with Crippen LogP contribution in [0, 0.1) is 13.8 Å². The number of hydrogen-bond acceptors (Lipinski definition) is 4. The first-order chi connectivity index (χ1) is 11.7. The van der Waals surface area contributed by atoms with Crippen LogP contribution < -0.4 is 20.1 Å². The van der Waals surface area contributed by atoms with E-state index in [2.05, 4.69) is 25.2 Å². The van der Waals surface area contributed by atoms with Crippen molar-refractivity contribution in [2.24, 2.45) is 0 Å². The molecule has 0 fully saturated rings. The Kier molecular flexibility index (Phi) is 4.23. The molecule has 0 saturated carbocycles. The number of rotatable bonds is 4. The second kappa shape index (κ2) is 6.23. The van der Waals surface area contributed by atoms with Crippen LogP contribution in [0.5, 0.6) is 11.5 Å². The van der Waals surface area contributed by atoms with Gasteiger partial charge in [0, 0.05) is 23.5 Å². The number of aromatic nitrogens is 2. The number of carbonyl (C=O) groups is 1. The van der Waals surface area contributed by atoms with Crippen molar-refractivity contribution in [3.05, 3.63) is 35.7 Å². The van der Waals surface area contributed by atoms with E-state index in [1.54, 1.807) is 0 Å². The van der Waals surface area contributed by atoms with Gasteiger partial charge in [-0.2, -0.15) is 5.10 Å². The molecule has 0 saturated heterocycles. The maximum absolute atomic E-state index is 13.0. The highest BCUT2D eigenvalue weighted by molar-refractivity contribution is 5.89. The summed E-state index contributed by atoms with van der Waals surface area (Å²) in [5.74, 6) is -0.202. The van der Waals surface area contributed by atoms with E-state index >= 15 is 0 Å². The maximum atomic E-state index is 13.0. The van der Waals surface area contributed by atoms with Crippen molar-refractivity contribution in [2.45, 2.75) is 39.7 Å². The van der Waals surface area contributed by atoms with Crippen LogP contribution in [-0.2, 0) is 6.54 Å². The third kappa shape index (κ3) is 3.98. The molecule has 1 aromatic carbocycles. The van der Waals surface area contributed by atoms with Crippen LogP contribution >= 0.6 is 0 Å². The first kappa shape index (κ1) is 17.0. The number of nitrogens with one attached hydrogen (secondary N) is 2. The molecule has 134 valence electrons. The van der Waals surface area contributed by atoms with Crippen molar-refractivity contribution in [1.29, 1.82) is 0 Å². The zero-order valence-electron chi connectivity index (χ0n) is 14.0. The number of nitrogens with zero attached hydrogens (tertiary/aromatic N) is 2. The Labute approximate surface area is 142 Å². The third-order valence-corrected chi connectivity index (χ3v) is 3.59. The number of anilines is 1. The first-order valence-corrected chi connectivity index (χ1v) is 7.70. The normalized spacial score (nSPS) is 15.7. The summed E-state index contributed by atoms with van der Waals surface area (Å²) in [5.41, 5.74) is 2.23. The number of aryl methyl sites for hydroxylation is 2. The van der Waals surface area contributed by atoms with Gasteiger partial charge in [-0.05, 0) is 39.0 Å². The SMILES string of the molecule is Cc1cc(C)n(C[C@H](C)NC(=O)Nc2ccc3c(c2)OC(F)(F)O3)n1. The van der Waals surface area contributed by atoms with Crippen molar-refractivity contribution in [3.63, 3.8) is 0 Å². The quantitative estimate of drug-likeness (QED) is 0.887. The van der Waals surface area contributed by atoms with Crippen molar-refractivity contribution >= 4 is 11.7 Å². The lowest BCUT2D eigenvalue weighted by molar-refractivity contribution is -0.286. The van der Waals surface area contributed by atoms with Gasteiger partial charge in [-0.1, -0.05) is 0 Å². The Morgan fingerprint density at radius 3 is 2.68 bits per heavy atom. The zero-order valence-corrected chi connectivity index (χ0v) is 14.0. The van der Waals surface area contributed by atoms with E-state index in [4.69, 9.17) is 0 Å². The van der Waals surface area contributed by atoms with Gasteiger partial charge in [0.15, 0.2) is 11.5 Å². The fourth-order valence-corrected chi connectivity index (χ4v) is 2.58. The van der Waals surface area contributed by atoms with E-state index in [-0.39, 0.29) is 17.5 Å². The van der Waals surface area contributed by atoms with Crippen LogP contribution in [0.25, 0.3) is 0 Å².